The number of nitrogens with zero attached hydrogens (tertiary/aromatic N) is 2. The molecule has 120 valence electrons. The summed E-state index contributed by atoms with van der Waals surface area (Å²) >= 11 is 0. The normalized spacial score (nSPS) is 30.0. The lowest BCUT2D eigenvalue weighted by atomic mass is 9.72. The molecular formula is C17H30N2O2. The van der Waals surface area contributed by atoms with Gasteiger partial charge in [0.1, 0.15) is 0 Å². The molecule has 0 aliphatic carbocycles. The topological polar surface area (TPSA) is 32.8 Å². The smallest absolute Gasteiger partial charge is 0.222 e. The number of likely N-dealkylation sites (tertiary alicyclic amines) is 2. The van der Waals surface area contributed by atoms with E-state index in [1.165, 1.54) is 45.3 Å². The number of ether oxygens (including phenoxy) is 1. The van der Waals surface area contributed by atoms with Crippen molar-refractivity contribution >= 4 is 5.91 Å². The molecule has 1 amide bonds. The molecule has 3 heterocycles. The molecule has 0 bridgehead atoms. The summed E-state index contributed by atoms with van der Waals surface area (Å²) in [5.41, 5.74) is 0.422. The van der Waals surface area contributed by atoms with Crippen molar-refractivity contribution in [2.75, 3.05) is 45.9 Å². The number of rotatable bonds is 3. The maximum atomic E-state index is 12.6. The van der Waals surface area contributed by atoms with Crippen LogP contribution in [-0.2, 0) is 9.53 Å². The molecule has 0 aromatic carbocycles. The highest BCUT2D eigenvalue weighted by atomic mass is 16.5. The third-order valence-electron chi connectivity index (χ3n) is 5.87. The van der Waals surface area contributed by atoms with E-state index in [1.807, 2.05) is 0 Å². The number of hydrogen-bond acceptors (Lipinski definition) is 3. The van der Waals surface area contributed by atoms with Crippen LogP contribution in [-0.4, -0.2) is 61.6 Å². The van der Waals surface area contributed by atoms with E-state index in [-0.39, 0.29) is 0 Å². The summed E-state index contributed by atoms with van der Waals surface area (Å²) in [6, 6.07) is 0. The van der Waals surface area contributed by atoms with Gasteiger partial charge in [0.15, 0.2) is 0 Å². The highest BCUT2D eigenvalue weighted by Gasteiger charge is 2.39. The summed E-state index contributed by atoms with van der Waals surface area (Å²) in [6.07, 6.45) is 6.83. The number of amides is 1. The predicted octanol–water partition coefficient (Wildman–Crippen LogP) is 2.14. The lowest BCUT2D eigenvalue weighted by Crippen LogP contribution is -2.51. The fourth-order valence-corrected chi connectivity index (χ4v) is 4.29. The lowest BCUT2D eigenvalue weighted by molar-refractivity contribution is -0.136. The number of carbonyl (C=O) groups excluding carboxylic acids is 1. The van der Waals surface area contributed by atoms with Crippen LogP contribution in [0.3, 0.4) is 0 Å². The number of hydrogen-bond donors (Lipinski definition) is 0. The van der Waals surface area contributed by atoms with Crippen molar-refractivity contribution in [1.82, 2.24) is 9.80 Å². The molecule has 0 aromatic heterocycles. The van der Waals surface area contributed by atoms with Gasteiger partial charge in [-0.3, -0.25) is 4.79 Å². The Hall–Kier alpha value is -0.610. The van der Waals surface area contributed by atoms with Crippen molar-refractivity contribution in [3.05, 3.63) is 0 Å². The fraction of sp³-hybridized carbons (Fsp3) is 0.941. The van der Waals surface area contributed by atoms with Crippen molar-refractivity contribution in [1.29, 1.82) is 0 Å². The van der Waals surface area contributed by atoms with Gasteiger partial charge in [-0.2, -0.15) is 0 Å². The minimum atomic E-state index is 0.377. The largest absolute Gasteiger partial charge is 0.381 e. The monoisotopic (exact) mass is 294 g/mol. The van der Waals surface area contributed by atoms with Gasteiger partial charge in [-0.05, 0) is 63.1 Å². The molecular weight excluding hydrogens is 264 g/mol. The van der Waals surface area contributed by atoms with Crippen molar-refractivity contribution in [3.8, 4) is 0 Å². The Morgan fingerprint density at radius 1 is 1.24 bits per heavy atom. The van der Waals surface area contributed by atoms with Crippen LogP contribution >= 0.6 is 0 Å². The van der Waals surface area contributed by atoms with Crippen LogP contribution in [0.4, 0.5) is 0 Å². The second kappa shape index (κ2) is 6.66. The zero-order chi connectivity index (χ0) is 14.7. The zero-order valence-corrected chi connectivity index (χ0v) is 13.5. The van der Waals surface area contributed by atoms with Gasteiger partial charge in [0.25, 0.3) is 0 Å². The summed E-state index contributed by atoms with van der Waals surface area (Å²) in [6.45, 7) is 9.47. The van der Waals surface area contributed by atoms with E-state index < -0.39 is 0 Å². The van der Waals surface area contributed by atoms with Crippen LogP contribution in [0.15, 0.2) is 0 Å². The third kappa shape index (κ3) is 3.59. The van der Waals surface area contributed by atoms with Crippen LogP contribution in [0, 0.1) is 11.3 Å². The van der Waals surface area contributed by atoms with E-state index in [4.69, 9.17) is 4.74 Å². The molecule has 3 saturated heterocycles. The first-order valence-corrected chi connectivity index (χ1v) is 8.79. The molecule has 3 aliphatic heterocycles. The number of carbonyl (C=O) groups is 1. The van der Waals surface area contributed by atoms with E-state index in [2.05, 4.69) is 16.7 Å². The molecule has 21 heavy (non-hydrogen) atoms. The Morgan fingerprint density at radius 3 is 2.71 bits per heavy atom. The van der Waals surface area contributed by atoms with E-state index in [1.54, 1.807) is 0 Å². The molecule has 0 saturated carbocycles. The van der Waals surface area contributed by atoms with Gasteiger partial charge in [-0.25, -0.2) is 0 Å². The highest BCUT2D eigenvalue weighted by molar-refractivity contribution is 5.76. The van der Waals surface area contributed by atoms with Gasteiger partial charge in [0.05, 0.1) is 0 Å². The molecule has 0 aromatic rings. The van der Waals surface area contributed by atoms with Gasteiger partial charge in [0.2, 0.25) is 5.91 Å². The maximum Gasteiger partial charge on any atom is 0.222 e. The Kier molecular flexibility index (Phi) is 4.85. The molecule has 1 atom stereocenters. The second-order valence-corrected chi connectivity index (χ2v) is 7.29. The Balaban J connectivity index is 1.54. The average molecular weight is 294 g/mol. The van der Waals surface area contributed by atoms with Crippen LogP contribution < -0.4 is 0 Å². The SMILES string of the molecule is CCN1CCC2(CCCN(C(=O)C[C@@H]3CCOC3)C2)CC1. The molecule has 4 heteroatoms. The summed E-state index contributed by atoms with van der Waals surface area (Å²) in [4.78, 5) is 17.3. The van der Waals surface area contributed by atoms with Crippen molar-refractivity contribution in [3.63, 3.8) is 0 Å². The fourth-order valence-electron chi connectivity index (χ4n) is 4.29. The van der Waals surface area contributed by atoms with Gasteiger partial charge in [0, 0.05) is 32.7 Å². The Labute approximate surface area is 128 Å². The first-order chi connectivity index (χ1) is 10.2. The molecule has 4 nitrogen and oxygen atoms in total. The van der Waals surface area contributed by atoms with E-state index in [0.29, 0.717) is 23.7 Å². The molecule has 3 aliphatic rings. The number of piperidine rings is 2. The first kappa shape index (κ1) is 15.3. The summed E-state index contributed by atoms with van der Waals surface area (Å²) in [5, 5.41) is 0. The van der Waals surface area contributed by atoms with Crippen LogP contribution in [0.25, 0.3) is 0 Å². The van der Waals surface area contributed by atoms with Gasteiger partial charge in [-0.1, -0.05) is 6.92 Å². The van der Waals surface area contributed by atoms with Crippen molar-refractivity contribution < 1.29 is 9.53 Å². The molecule has 0 N–H and O–H groups in total. The van der Waals surface area contributed by atoms with Crippen LogP contribution in [0.1, 0.15) is 45.4 Å². The predicted molar refractivity (Wildman–Crippen MR) is 83.1 cm³/mol. The Bertz CT molecular complexity index is 358. The van der Waals surface area contributed by atoms with Crippen LogP contribution in [0.5, 0.6) is 0 Å². The van der Waals surface area contributed by atoms with Gasteiger partial charge in [-0.15, -0.1) is 0 Å². The summed E-state index contributed by atoms with van der Waals surface area (Å²) < 4.78 is 5.40. The molecule has 3 rings (SSSR count). The van der Waals surface area contributed by atoms with Crippen LogP contribution in [0.2, 0.25) is 0 Å². The van der Waals surface area contributed by atoms with Gasteiger partial charge >= 0.3 is 0 Å². The van der Waals surface area contributed by atoms with Gasteiger partial charge < -0.3 is 14.5 Å². The molecule has 0 unspecified atom stereocenters. The quantitative estimate of drug-likeness (QED) is 0.799. The lowest BCUT2D eigenvalue weighted by Gasteiger charge is -2.47. The molecule has 0 radical (unpaired) electrons. The molecule has 1 spiro atoms. The zero-order valence-electron chi connectivity index (χ0n) is 13.5. The first-order valence-electron chi connectivity index (χ1n) is 8.79. The standard InChI is InChI=1S/C17H30N2O2/c1-2-18-9-6-17(7-10-18)5-3-8-19(14-17)16(20)12-15-4-11-21-13-15/h15H,2-14H2,1H3/t15-/m0/s1. The van der Waals surface area contributed by atoms with E-state index in [0.717, 1.165) is 32.7 Å². The average Bonchev–Trinajstić information content (AvgIpc) is 3.01. The van der Waals surface area contributed by atoms with E-state index in [9.17, 15) is 4.79 Å². The summed E-state index contributed by atoms with van der Waals surface area (Å²) in [7, 11) is 0. The minimum Gasteiger partial charge on any atom is -0.381 e. The van der Waals surface area contributed by atoms with Crippen molar-refractivity contribution in [2.45, 2.75) is 45.4 Å². The third-order valence-corrected chi connectivity index (χ3v) is 5.87. The minimum absolute atomic E-state index is 0.377. The maximum absolute atomic E-state index is 12.6. The van der Waals surface area contributed by atoms with Crippen molar-refractivity contribution in [2.24, 2.45) is 11.3 Å². The second-order valence-electron chi connectivity index (χ2n) is 7.29. The van der Waals surface area contributed by atoms with E-state index >= 15 is 0 Å². The highest BCUT2D eigenvalue weighted by Crippen LogP contribution is 2.40. The summed E-state index contributed by atoms with van der Waals surface area (Å²) in [5.74, 6) is 0.847. The molecule has 3 fully saturated rings. The Morgan fingerprint density at radius 2 is 2.05 bits per heavy atom.